The van der Waals surface area contributed by atoms with Gasteiger partial charge in [0.1, 0.15) is 0 Å². The van der Waals surface area contributed by atoms with Crippen LogP contribution in [0.3, 0.4) is 0 Å². The lowest BCUT2D eigenvalue weighted by molar-refractivity contribution is 1.32. The molecule has 0 atom stereocenters. The van der Waals surface area contributed by atoms with Gasteiger partial charge >= 0.3 is 0 Å². The molecule has 0 saturated heterocycles. The van der Waals surface area contributed by atoms with E-state index in [0.29, 0.717) is 0 Å². The largest absolute Gasteiger partial charge is 0.121 e. The lowest BCUT2D eigenvalue weighted by Crippen LogP contribution is -2.20. The Morgan fingerprint density at radius 3 is 1.35 bits per heavy atom. The third kappa shape index (κ3) is 6.02. The van der Waals surface area contributed by atoms with Crippen LogP contribution in [0.5, 0.6) is 0 Å². The first kappa shape index (κ1) is 23.0. The van der Waals surface area contributed by atoms with E-state index in [1.807, 2.05) is 23.5 Å². The minimum atomic E-state index is -0.558. The zero-order valence-electron chi connectivity index (χ0n) is 18.7. The molecule has 0 nitrogen and oxygen atoms in total. The fourth-order valence-electron chi connectivity index (χ4n) is 3.75. The summed E-state index contributed by atoms with van der Waals surface area (Å²) in [6.07, 6.45) is 0. The molecule has 0 aliphatic heterocycles. The minimum absolute atomic E-state index is 0.558. The third-order valence-corrected chi connectivity index (χ3v) is 9.97. The molecule has 34 heavy (non-hydrogen) atoms. The van der Waals surface area contributed by atoms with Crippen molar-refractivity contribution in [2.24, 2.45) is 0 Å². The van der Waals surface area contributed by atoms with Crippen molar-refractivity contribution in [2.45, 2.75) is 20.4 Å². The predicted molar refractivity (Wildman–Crippen MR) is 152 cm³/mol. The van der Waals surface area contributed by atoms with Gasteiger partial charge in [0.05, 0.1) is 0 Å². The molecule has 0 heterocycles. The smallest absolute Gasteiger partial charge is 0.0231 e. The summed E-state index contributed by atoms with van der Waals surface area (Å²) in [6.45, 7) is 0. The standard InChI is InChI=1S/C31H25PS2/c1-4-10-25(11-5-1)24-33-29-20-22-31(23-21-29)34-30-18-16-28(17-19-30)32(26-12-6-2-7-13-26)27-14-8-3-9-15-27/h1-23H,24H2. The predicted octanol–water partition coefficient (Wildman–Crippen LogP) is 7.89. The zero-order chi connectivity index (χ0) is 23.0. The van der Waals surface area contributed by atoms with Crippen LogP contribution in [0.2, 0.25) is 0 Å². The minimum Gasteiger partial charge on any atom is -0.121 e. The fourth-order valence-corrected chi connectivity index (χ4v) is 7.70. The Morgan fingerprint density at radius 2 is 0.824 bits per heavy atom. The summed E-state index contributed by atoms with van der Waals surface area (Å²) in [4.78, 5) is 3.84. The SMILES string of the molecule is c1ccc(CSc2ccc(Sc3ccc(P(c4ccccc4)c4ccccc4)cc3)cc2)cc1. The average molecular weight is 493 g/mol. The van der Waals surface area contributed by atoms with Gasteiger partial charge in [-0.3, -0.25) is 0 Å². The van der Waals surface area contributed by atoms with Crippen LogP contribution in [0.25, 0.3) is 0 Å². The Morgan fingerprint density at radius 1 is 0.412 bits per heavy atom. The zero-order valence-corrected chi connectivity index (χ0v) is 21.3. The summed E-state index contributed by atoms with van der Waals surface area (Å²) in [5.74, 6) is 1.00. The van der Waals surface area contributed by atoms with Crippen molar-refractivity contribution in [2.75, 3.05) is 0 Å². The summed E-state index contributed by atoms with van der Waals surface area (Å²) >= 11 is 3.70. The molecule has 0 fully saturated rings. The van der Waals surface area contributed by atoms with E-state index < -0.39 is 7.92 Å². The van der Waals surface area contributed by atoms with Crippen LogP contribution in [0.15, 0.2) is 154 Å². The van der Waals surface area contributed by atoms with Gasteiger partial charge in [-0.05, 0) is 65.8 Å². The van der Waals surface area contributed by atoms with Crippen molar-refractivity contribution in [3.05, 3.63) is 145 Å². The first-order valence-corrected chi connectivity index (χ1v) is 14.4. The average Bonchev–Trinajstić information content (AvgIpc) is 2.91. The van der Waals surface area contributed by atoms with Gasteiger partial charge in [0, 0.05) is 20.4 Å². The molecule has 0 aliphatic carbocycles. The second-order valence-electron chi connectivity index (χ2n) is 7.85. The van der Waals surface area contributed by atoms with Crippen LogP contribution in [0.1, 0.15) is 5.56 Å². The number of benzene rings is 5. The van der Waals surface area contributed by atoms with Gasteiger partial charge in [0.2, 0.25) is 0 Å². The molecule has 0 aromatic heterocycles. The highest BCUT2D eigenvalue weighted by atomic mass is 32.2. The Balaban J connectivity index is 1.28. The third-order valence-electron chi connectivity index (χ3n) is 5.43. The van der Waals surface area contributed by atoms with Crippen LogP contribution < -0.4 is 15.9 Å². The van der Waals surface area contributed by atoms with E-state index in [-0.39, 0.29) is 0 Å². The van der Waals surface area contributed by atoms with Gasteiger partial charge in [0.15, 0.2) is 0 Å². The highest BCUT2D eigenvalue weighted by Crippen LogP contribution is 2.35. The van der Waals surface area contributed by atoms with Crippen LogP contribution in [0, 0.1) is 0 Å². The fraction of sp³-hybridized carbons (Fsp3) is 0.0323. The van der Waals surface area contributed by atoms with Gasteiger partial charge in [-0.1, -0.05) is 115 Å². The molecule has 3 heteroatoms. The quantitative estimate of drug-likeness (QED) is 0.160. The first-order valence-electron chi connectivity index (χ1n) is 11.3. The molecule has 0 unspecified atom stereocenters. The van der Waals surface area contributed by atoms with Gasteiger partial charge < -0.3 is 0 Å². The molecular formula is C31H25PS2. The second kappa shape index (κ2) is 11.6. The normalized spacial score (nSPS) is 11.0. The molecule has 5 aromatic carbocycles. The Hall–Kier alpha value is -2.77. The van der Waals surface area contributed by atoms with E-state index in [1.54, 1.807) is 0 Å². The van der Waals surface area contributed by atoms with Gasteiger partial charge in [-0.15, -0.1) is 11.8 Å². The highest BCUT2D eigenvalue weighted by Gasteiger charge is 2.16. The van der Waals surface area contributed by atoms with Gasteiger partial charge in [-0.2, -0.15) is 0 Å². The molecule has 0 N–H and O–H groups in total. The van der Waals surface area contributed by atoms with Crippen LogP contribution in [-0.4, -0.2) is 0 Å². The van der Waals surface area contributed by atoms with E-state index in [1.165, 1.54) is 36.2 Å². The summed E-state index contributed by atoms with van der Waals surface area (Å²) < 4.78 is 0. The topological polar surface area (TPSA) is 0 Å². The van der Waals surface area contributed by atoms with Crippen molar-refractivity contribution in [1.29, 1.82) is 0 Å². The van der Waals surface area contributed by atoms with Crippen molar-refractivity contribution < 1.29 is 0 Å². The van der Waals surface area contributed by atoms with E-state index in [9.17, 15) is 0 Å². The van der Waals surface area contributed by atoms with E-state index in [2.05, 4.69) is 140 Å². The maximum Gasteiger partial charge on any atom is 0.0231 e. The monoisotopic (exact) mass is 492 g/mol. The molecule has 5 aromatic rings. The van der Waals surface area contributed by atoms with E-state index in [0.717, 1.165) is 5.75 Å². The molecule has 0 aliphatic rings. The van der Waals surface area contributed by atoms with Crippen molar-refractivity contribution in [3.8, 4) is 0 Å². The van der Waals surface area contributed by atoms with Crippen molar-refractivity contribution in [3.63, 3.8) is 0 Å². The summed E-state index contributed by atoms with van der Waals surface area (Å²) in [7, 11) is -0.558. The Bertz CT molecular complexity index is 1250. The highest BCUT2D eigenvalue weighted by molar-refractivity contribution is 7.99. The second-order valence-corrected chi connectivity index (χ2v) is 12.3. The van der Waals surface area contributed by atoms with Crippen molar-refractivity contribution in [1.82, 2.24) is 0 Å². The number of rotatable bonds is 8. The number of hydrogen-bond donors (Lipinski definition) is 0. The van der Waals surface area contributed by atoms with Gasteiger partial charge in [0.25, 0.3) is 0 Å². The summed E-state index contributed by atoms with van der Waals surface area (Å²) in [5.41, 5.74) is 1.36. The molecule has 166 valence electrons. The summed E-state index contributed by atoms with van der Waals surface area (Å²) in [5, 5.41) is 4.14. The lowest BCUT2D eigenvalue weighted by atomic mass is 10.2. The van der Waals surface area contributed by atoms with Crippen LogP contribution in [0.4, 0.5) is 0 Å². The number of thioether (sulfide) groups is 1. The maximum absolute atomic E-state index is 2.30. The van der Waals surface area contributed by atoms with Gasteiger partial charge in [-0.25, -0.2) is 0 Å². The molecule has 0 spiro atoms. The van der Waals surface area contributed by atoms with Crippen LogP contribution in [-0.2, 0) is 5.75 Å². The Labute approximate surface area is 212 Å². The molecule has 0 amide bonds. The Kier molecular flexibility index (Phi) is 7.83. The molecule has 0 saturated carbocycles. The van der Waals surface area contributed by atoms with Crippen LogP contribution >= 0.6 is 31.4 Å². The summed E-state index contributed by atoms with van der Waals surface area (Å²) in [6, 6.07) is 50.4. The molecule has 5 rings (SSSR count). The molecular weight excluding hydrogens is 467 g/mol. The van der Waals surface area contributed by atoms with E-state index in [4.69, 9.17) is 0 Å². The molecule has 0 bridgehead atoms. The number of hydrogen-bond acceptors (Lipinski definition) is 2. The van der Waals surface area contributed by atoms with Crippen molar-refractivity contribution >= 4 is 47.4 Å². The maximum atomic E-state index is 2.30. The lowest BCUT2D eigenvalue weighted by Gasteiger charge is -2.19. The molecule has 0 radical (unpaired) electrons. The first-order chi connectivity index (χ1) is 16.8. The van der Waals surface area contributed by atoms with E-state index >= 15 is 0 Å².